The van der Waals surface area contributed by atoms with E-state index in [-0.39, 0.29) is 5.78 Å². The van der Waals surface area contributed by atoms with Crippen LogP contribution in [0.2, 0.25) is 0 Å². The Morgan fingerprint density at radius 2 is 1.53 bits per heavy atom. The molecule has 0 amide bonds. The summed E-state index contributed by atoms with van der Waals surface area (Å²) in [6, 6.07) is 21.7. The van der Waals surface area contributed by atoms with E-state index in [4.69, 9.17) is 4.84 Å². The Hall–Kier alpha value is -3.73. The number of fused-ring (bicyclic) bond motifs is 3. The first kappa shape index (κ1) is 25.9. The summed E-state index contributed by atoms with van der Waals surface area (Å²) >= 11 is 0. The summed E-state index contributed by atoms with van der Waals surface area (Å²) in [4.78, 5) is 30.0. The number of aromatic nitrogens is 1. The summed E-state index contributed by atoms with van der Waals surface area (Å²) < 4.78 is 2.28. The number of nitrogens with zero attached hydrogens (tertiary/aromatic N) is 2. The second-order valence-corrected chi connectivity index (χ2v) is 10.6. The van der Waals surface area contributed by atoms with Gasteiger partial charge in [0.05, 0.1) is 5.71 Å². The van der Waals surface area contributed by atoms with Crippen LogP contribution in [0.5, 0.6) is 0 Å². The number of oxime groups is 1. The zero-order valence-electron chi connectivity index (χ0n) is 22.6. The van der Waals surface area contributed by atoms with E-state index in [2.05, 4.69) is 41.8 Å². The van der Waals surface area contributed by atoms with Crippen molar-refractivity contribution in [1.82, 2.24) is 4.57 Å². The van der Waals surface area contributed by atoms with Crippen LogP contribution >= 0.6 is 0 Å². The first-order chi connectivity index (χ1) is 18.5. The zero-order chi connectivity index (χ0) is 26.6. The number of hydrogen-bond acceptors (Lipinski definition) is 4. The highest BCUT2D eigenvalue weighted by molar-refractivity contribution is 6.16. The minimum Gasteiger partial charge on any atom is -0.341 e. The molecule has 1 heterocycles. The van der Waals surface area contributed by atoms with E-state index in [0.29, 0.717) is 23.0 Å². The van der Waals surface area contributed by atoms with E-state index < -0.39 is 5.97 Å². The molecule has 1 atom stereocenters. The molecule has 0 N–H and O–H groups in total. The molecule has 5 nitrogen and oxygen atoms in total. The highest BCUT2D eigenvalue weighted by Crippen LogP contribution is 2.34. The largest absolute Gasteiger partial charge is 0.341 e. The van der Waals surface area contributed by atoms with Crippen LogP contribution in [-0.4, -0.2) is 22.0 Å². The quantitative estimate of drug-likeness (QED) is 0.105. The molecule has 3 aromatic carbocycles. The summed E-state index contributed by atoms with van der Waals surface area (Å²) in [5.74, 6) is 0.718. The predicted octanol–water partition coefficient (Wildman–Crippen LogP) is 7.92. The average Bonchev–Trinajstić information content (AvgIpc) is 3.27. The van der Waals surface area contributed by atoms with Gasteiger partial charge < -0.3 is 9.40 Å². The monoisotopic (exact) mass is 508 g/mol. The Labute approximate surface area is 224 Å². The standard InChI is InChI=1S/C33H36N2O3/c1-4-35-31-17-15-26(30(34-38-23(3)36)19-22(2)24-11-7-5-8-12-24)20-28(31)29-21-27(16-18-32(29)35)33(37)25-13-9-6-10-14-25/h6,9-10,13-18,20-22,24H,4-5,7-8,11-12,19H2,1-3H3/b34-30+. The van der Waals surface area contributed by atoms with Crippen LogP contribution in [0.4, 0.5) is 0 Å². The van der Waals surface area contributed by atoms with E-state index in [9.17, 15) is 9.59 Å². The van der Waals surface area contributed by atoms with Gasteiger partial charge in [-0.05, 0) is 55.5 Å². The topological polar surface area (TPSA) is 60.7 Å². The summed E-state index contributed by atoms with van der Waals surface area (Å²) in [6.45, 7) is 6.63. The van der Waals surface area contributed by atoms with E-state index in [1.165, 1.54) is 39.0 Å². The second-order valence-electron chi connectivity index (χ2n) is 10.6. The number of ketones is 1. The van der Waals surface area contributed by atoms with Gasteiger partial charge in [-0.3, -0.25) is 4.79 Å². The molecule has 0 aliphatic heterocycles. The number of aryl methyl sites for hydroxylation is 1. The SMILES string of the molecule is CCn1c2ccc(C(=O)c3ccccc3)cc2c2cc(/C(CC(C)C3CCCCC3)=N/OC(C)=O)ccc21. The summed E-state index contributed by atoms with van der Waals surface area (Å²) in [6.07, 6.45) is 7.17. The molecule has 1 aromatic heterocycles. The van der Waals surface area contributed by atoms with Gasteiger partial charge in [0, 0.05) is 52.0 Å². The van der Waals surface area contributed by atoms with Crippen molar-refractivity contribution >= 4 is 39.3 Å². The molecule has 0 spiro atoms. The Bertz CT molecular complexity index is 1490. The lowest BCUT2D eigenvalue weighted by molar-refractivity contribution is -0.140. The Morgan fingerprint density at radius 1 is 0.895 bits per heavy atom. The molecular formula is C33H36N2O3. The van der Waals surface area contributed by atoms with Crippen LogP contribution in [0.15, 0.2) is 71.9 Å². The number of rotatable bonds is 8. The summed E-state index contributed by atoms with van der Waals surface area (Å²) in [5, 5.41) is 6.45. The fourth-order valence-corrected chi connectivity index (χ4v) is 6.02. The Morgan fingerprint density at radius 3 is 2.16 bits per heavy atom. The van der Waals surface area contributed by atoms with Crippen molar-refractivity contribution in [2.45, 2.75) is 65.8 Å². The van der Waals surface area contributed by atoms with Gasteiger partial charge in [0.25, 0.3) is 0 Å². The van der Waals surface area contributed by atoms with Crippen molar-refractivity contribution in [3.8, 4) is 0 Å². The third-order valence-corrected chi connectivity index (χ3v) is 8.07. The second kappa shape index (κ2) is 11.3. The van der Waals surface area contributed by atoms with Gasteiger partial charge >= 0.3 is 5.97 Å². The first-order valence-electron chi connectivity index (χ1n) is 13.9. The van der Waals surface area contributed by atoms with Crippen LogP contribution in [0.1, 0.15) is 80.8 Å². The zero-order valence-corrected chi connectivity index (χ0v) is 22.6. The molecule has 5 rings (SSSR count). The van der Waals surface area contributed by atoms with E-state index in [0.717, 1.165) is 46.0 Å². The lowest BCUT2D eigenvalue weighted by Crippen LogP contribution is -2.19. The molecule has 1 aliphatic rings. The number of carbonyl (C=O) groups excluding carboxylic acids is 2. The molecule has 1 fully saturated rings. The van der Waals surface area contributed by atoms with Crippen LogP contribution in [0.25, 0.3) is 21.8 Å². The maximum Gasteiger partial charge on any atom is 0.331 e. The van der Waals surface area contributed by atoms with E-state index in [1.54, 1.807) is 0 Å². The molecule has 4 aromatic rings. The average molecular weight is 509 g/mol. The molecule has 0 radical (unpaired) electrons. The normalized spacial score (nSPS) is 15.6. The fraction of sp³-hybridized carbons (Fsp3) is 0.364. The first-order valence-corrected chi connectivity index (χ1v) is 13.9. The smallest absolute Gasteiger partial charge is 0.331 e. The van der Waals surface area contributed by atoms with Gasteiger partial charge in [-0.1, -0.05) is 80.6 Å². The Kier molecular flexibility index (Phi) is 7.73. The molecule has 196 valence electrons. The summed E-state index contributed by atoms with van der Waals surface area (Å²) in [5.41, 5.74) is 5.31. The van der Waals surface area contributed by atoms with Crippen molar-refractivity contribution in [3.63, 3.8) is 0 Å². The van der Waals surface area contributed by atoms with Gasteiger partial charge in [0.1, 0.15) is 0 Å². The van der Waals surface area contributed by atoms with Gasteiger partial charge in [-0.2, -0.15) is 0 Å². The highest BCUT2D eigenvalue weighted by atomic mass is 16.7. The molecule has 38 heavy (non-hydrogen) atoms. The third kappa shape index (κ3) is 5.28. The van der Waals surface area contributed by atoms with Gasteiger partial charge in [-0.15, -0.1) is 0 Å². The van der Waals surface area contributed by atoms with Crippen molar-refractivity contribution in [2.75, 3.05) is 0 Å². The molecule has 0 bridgehead atoms. The molecule has 1 saturated carbocycles. The third-order valence-electron chi connectivity index (χ3n) is 8.07. The van der Waals surface area contributed by atoms with Crippen molar-refractivity contribution in [3.05, 3.63) is 83.4 Å². The van der Waals surface area contributed by atoms with Crippen molar-refractivity contribution in [2.24, 2.45) is 17.0 Å². The number of carbonyl (C=O) groups is 2. The number of benzene rings is 3. The van der Waals surface area contributed by atoms with Gasteiger partial charge in [0.2, 0.25) is 0 Å². The van der Waals surface area contributed by atoms with Crippen LogP contribution in [-0.2, 0) is 16.2 Å². The van der Waals surface area contributed by atoms with Gasteiger partial charge in [-0.25, -0.2) is 4.79 Å². The molecule has 5 heteroatoms. The minimum absolute atomic E-state index is 0.0134. The molecular weight excluding hydrogens is 472 g/mol. The molecule has 1 aliphatic carbocycles. The number of hydrogen-bond donors (Lipinski definition) is 0. The predicted molar refractivity (Wildman–Crippen MR) is 154 cm³/mol. The van der Waals surface area contributed by atoms with Crippen LogP contribution in [0, 0.1) is 11.8 Å². The fourth-order valence-electron chi connectivity index (χ4n) is 6.02. The van der Waals surface area contributed by atoms with Crippen molar-refractivity contribution < 1.29 is 14.4 Å². The lowest BCUT2D eigenvalue weighted by Gasteiger charge is -2.27. The maximum absolute atomic E-state index is 13.2. The summed E-state index contributed by atoms with van der Waals surface area (Å²) in [7, 11) is 0. The highest BCUT2D eigenvalue weighted by Gasteiger charge is 2.23. The van der Waals surface area contributed by atoms with Crippen LogP contribution in [0.3, 0.4) is 0 Å². The molecule has 1 unspecified atom stereocenters. The molecule has 0 saturated heterocycles. The van der Waals surface area contributed by atoms with Crippen molar-refractivity contribution in [1.29, 1.82) is 0 Å². The van der Waals surface area contributed by atoms with Gasteiger partial charge in [0.15, 0.2) is 5.78 Å². The van der Waals surface area contributed by atoms with Crippen LogP contribution < -0.4 is 0 Å². The maximum atomic E-state index is 13.2. The lowest BCUT2D eigenvalue weighted by atomic mass is 9.78. The minimum atomic E-state index is -0.416. The van der Waals surface area contributed by atoms with E-state index >= 15 is 0 Å². The van der Waals surface area contributed by atoms with E-state index in [1.807, 2.05) is 48.5 Å². The Balaban J connectivity index is 1.58.